The van der Waals surface area contributed by atoms with Crippen LogP contribution in [0.3, 0.4) is 0 Å². The van der Waals surface area contributed by atoms with Crippen LogP contribution in [0.5, 0.6) is 5.75 Å². The Labute approximate surface area is 142 Å². The maximum absolute atomic E-state index is 12.0. The summed E-state index contributed by atoms with van der Waals surface area (Å²) in [4.78, 5) is 23.6. The average Bonchev–Trinajstić information content (AvgIpc) is 2.61. The Kier molecular flexibility index (Phi) is 6.55. The first-order valence-electron chi connectivity index (χ1n) is 8.12. The molecule has 0 aliphatic heterocycles. The molecule has 0 saturated heterocycles. The van der Waals surface area contributed by atoms with Crippen molar-refractivity contribution in [1.82, 2.24) is 0 Å². The van der Waals surface area contributed by atoms with Gasteiger partial charge < -0.3 is 9.47 Å². The standard InChI is InChI=1S/C20H22O4/c1-3-15-7-11-19(12-8-15)24-14-18(21)13-16-5-9-17(10-6-16)20(22)23-4-2/h5-12H,3-4,13-14H2,1-2H3. The maximum atomic E-state index is 12.0. The van der Waals surface area contributed by atoms with Crippen molar-refractivity contribution in [3.05, 3.63) is 65.2 Å². The molecule has 24 heavy (non-hydrogen) atoms. The van der Waals surface area contributed by atoms with E-state index in [0.29, 0.717) is 17.9 Å². The van der Waals surface area contributed by atoms with E-state index in [9.17, 15) is 9.59 Å². The van der Waals surface area contributed by atoms with Gasteiger partial charge >= 0.3 is 5.97 Å². The van der Waals surface area contributed by atoms with E-state index in [-0.39, 0.29) is 24.8 Å². The van der Waals surface area contributed by atoms with Crippen molar-refractivity contribution in [2.45, 2.75) is 26.7 Å². The second-order valence-corrected chi connectivity index (χ2v) is 5.42. The van der Waals surface area contributed by atoms with E-state index in [1.807, 2.05) is 24.3 Å². The first kappa shape index (κ1) is 17.7. The van der Waals surface area contributed by atoms with Gasteiger partial charge in [0, 0.05) is 6.42 Å². The molecular formula is C20H22O4. The Balaban J connectivity index is 1.84. The van der Waals surface area contributed by atoms with Gasteiger partial charge in [0.05, 0.1) is 12.2 Å². The number of rotatable bonds is 8. The highest BCUT2D eigenvalue weighted by atomic mass is 16.5. The van der Waals surface area contributed by atoms with Crippen LogP contribution in [0.25, 0.3) is 0 Å². The van der Waals surface area contributed by atoms with Gasteiger partial charge in [0.2, 0.25) is 0 Å². The van der Waals surface area contributed by atoms with Crippen molar-refractivity contribution in [1.29, 1.82) is 0 Å². The third kappa shape index (κ3) is 5.23. The molecule has 4 nitrogen and oxygen atoms in total. The van der Waals surface area contributed by atoms with Gasteiger partial charge in [-0.05, 0) is 48.7 Å². The number of hydrogen-bond donors (Lipinski definition) is 0. The van der Waals surface area contributed by atoms with Crippen LogP contribution in [-0.4, -0.2) is 25.0 Å². The van der Waals surface area contributed by atoms with Gasteiger partial charge in [-0.3, -0.25) is 4.79 Å². The summed E-state index contributed by atoms with van der Waals surface area (Å²) in [5.41, 5.74) is 2.56. The summed E-state index contributed by atoms with van der Waals surface area (Å²) >= 11 is 0. The van der Waals surface area contributed by atoms with Gasteiger partial charge in [-0.2, -0.15) is 0 Å². The molecule has 0 bridgehead atoms. The monoisotopic (exact) mass is 326 g/mol. The highest BCUT2D eigenvalue weighted by molar-refractivity contribution is 5.89. The Morgan fingerprint density at radius 2 is 1.50 bits per heavy atom. The molecule has 0 saturated carbocycles. The topological polar surface area (TPSA) is 52.6 Å². The number of ketones is 1. The van der Waals surface area contributed by atoms with E-state index in [1.54, 1.807) is 31.2 Å². The molecule has 0 aliphatic carbocycles. The Morgan fingerprint density at radius 3 is 2.08 bits per heavy atom. The van der Waals surface area contributed by atoms with E-state index < -0.39 is 0 Å². The largest absolute Gasteiger partial charge is 0.486 e. The summed E-state index contributed by atoms with van der Waals surface area (Å²) in [5.74, 6) is 0.325. The Morgan fingerprint density at radius 1 is 0.875 bits per heavy atom. The number of carbonyl (C=O) groups excluding carboxylic acids is 2. The molecule has 2 aromatic carbocycles. The van der Waals surface area contributed by atoms with Gasteiger partial charge in [0.15, 0.2) is 5.78 Å². The van der Waals surface area contributed by atoms with Gasteiger partial charge in [-0.25, -0.2) is 4.79 Å². The predicted octanol–water partition coefficient (Wildman–Crippen LogP) is 3.62. The lowest BCUT2D eigenvalue weighted by atomic mass is 10.1. The fourth-order valence-corrected chi connectivity index (χ4v) is 2.24. The van der Waals surface area contributed by atoms with Crippen LogP contribution >= 0.6 is 0 Å². The average molecular weight is 326 g/mol. The highest BCUT2D eigenvalue weighted by Crippen LogP contribution is 2.13. The third-order valence-corrected chi connectivity index (χ3v) is 3.60. The van der Waals surface area contributed by atoms with E-state index in [1.165, 1.54) is 5.56 Å². The maximum Gasteiger partial charge on any atom is 0.338 e. The van der Waals surface area contributed by atoms with Crippen molar-refractivity contribution in [3.63, 3.8) is 0 Å². The zero-order valence-electron chi connectivity index (χ0n) is 14.1. The SMILES string of the molecule is CCOC(=O)c1ccc(CC(=O)COc2ccc(CC)cc2)cc1. The van der Waals surface area contributed by atoms with Gasteiger partial charge in [0.25, 0.3) is 0 Å². The number of esters is 1. The molecule has 0 aliphatic rings. The van der Waals surface area contributed by atoms with Crippen LogP contribution < -0.4 is 4.74 Å². The molecule has 4 heteroatoms. The summed E-state index contributed by atoms with van der Waals surface area (Å²) in [6.07, 6.45) is 1.25. The smallest absolute Gasteiger partial charge is 0.338 e. The normalized spacial score (nSPS) is 10.2. The fraction of sp³-hybridized carbons (Fsp3) is 0.300. The zero-order chi connectivity index (χ0) is 17.4. The summed E-state index contributed by atoms with van der Waals surface area (Å²) in [6.45, 7) is 4.23. The van der Waals surface area contributed by atoms with E-state index in [0.717, 1.165) is 12.0 Å². The van der Waals surface area contributed by atoms with Crippen LogP contribution in [0.15, 0.2) is 48.5 Å². The van der Waals surface area contributed by atoms with E-state index in [2.05, 4.69) is 6.92 Å². The molecule has 126 valence electrons. The molecule has 2 aromatic rings. The summed E-state index contributed by atoms with van der Waals surface area (Å²) in [5, 5.41) is 0. The van der Waals surface area contributed by atoms with Crippen LogP contribution in [0.4, 0.5) is 0 Å². The Hall–Kier alpha value is -2.62. The third-order valence-electron chi connectivity index (χ3n) is 3.60. The zero-order valence-corrected chi connectivity index (χ0v) is 14.1. The summed E-state index contributed by atoms with van der Waals surface area (Å²) in [7, 11) is 0. The number of benzene rings is 2. The first-order valence-corrected chi connectivity index (χ1v) is 8.12. The van der Waals surface area contributed by atoms with Gasteiger partial charge in [0.1, 0.15) is 12.4 Å². The number of ether oxygens (including phenoxy) is 2. The second-order valence-electron chi connectivity index (χ2n) is 5.42. The minimum Gasteiger partial charge on any atom is -0.486 e. The predicted molar refractivity (Wildman–Crippen MR) is 92.4 cm³/mol. The Bertz CT molecular complexity index is 672. The lowest BCUT2D eigenvalue weighted by Crippen LogP contribution is -2.14. The molecule has 0 amide bonds. The molecule has 0 atom stereocenters. The first-order chi connectivity index (χ1) is 11.6. The lowest BCUT2D eigenvalue weighted by Gasteiger charge is -2.07. The van der Waals surface area contributed by atoms with Crippen LogP contribution in [-0.2, 0) is 22.4 Å². The molecular weight excluding hydrogens is 304 g/mol. The van der Waals surface area contributed by atoms with Gasteiger partial charge in [-0.15, -0.1) is 0 Å². The van der Waals surface area contributed by atoms with Crippen LogP contribution in [0.2, 0.25) is 0 Å². The molecule has 0 aromatic heterocycles. The summed E-state index contributed by atoms with van der Waals surface area (Å²) in [6, 6.07) is 14.6. The molecule has 0 unspecified atom stereocenters. The quantitative estimate of drug-likeness (QED) is 0.695. The highest BCUT2D eigenvalue weighted by Gasteiger charge is 2.08. The minimum atomic E-state index is -0.353. The molecule has 2 rings (SSSR count). The van der Waals surface area contributed by atoms with E-state index >= 15 is 0 Å². The van der Waals surface area contributed by atoms with Crippen LogP contribution in [0.1, 0.15) is 35.3 Å². The lowest BCUT2D eigenvalue weighted by molar-refractivity contribution is -0.120. The number of Topliss-reactive ketones (excluding diaryl/α,β-unsaturated/α-hetero) is 1. The molecule has 0 radical (unpaired) electrons. The van der Waals surface area contributed by atoms with Crippen molar-refractivity contribution >= 4 is 11.8 Å². The van der Waals surface area contributed by atoms with Gasteiger partial charge in [-0.1, -0.05) is 31.2 Å². The number of aryl methyl sites for hydroxylation is 1. The molecule has 0 fully saturated rings. The van der Waals surface area contributed by atoms with E-state index in [4.69, 9.17) is 9.47 Å². The molecule has 0 heterocycles. The van der Waals surface area contributed by atoms with Crippen molar-refractivity contribution in [3.8, 4) is 5.75 Å². The van der Waals surface area contributed by atoms with Crippen molar-refractivity contribution in [2.75, 3.05) is 13.2 Å². The summed E-state index contributed by atoms with van der Waals surface area (Å²) < 4.78 is 10.4. The number of carbonyl (C=O) groups is 2. The number of hydrogen-bond acceptors (Lipinski definition) is 4. The molecule has 0 spiro atoms. The van der Waals surface area contributed by atoms with Crippen molar-refractivity contribution < 1.29 is 19.1 Å². The fourth-order valence-electron chi connectivity index (χ4n) is 2.24. The minimum absolute atomic E-state index is 0.0153. The van der Waals surface area contributed by atoms with Crippen LogP contribution in [0, 0.1) is 0 Å². The second kappa shape index (κ2) is 8.87. The van der Waals surface area contributed by atoms with Crippen molar-refractivity contribution in [2.24, 2.45) is 0 Å². The molecule has 0 N–H and O–H groups in total.